The molecule has 2 aliphatic rings. The molecule has 0 aromatic heterocycles. The first-order chi connectivity index (χ1) is 17.8. The van der Waals surface area contributed by atoms with E-state index in [-0.39, 0.29) is 37.7 Å². The Hall–Kier alpha value is -1.62. The number of hydrogen-bond acceptors (Lipinski definition) is 5. The van der Waals surface area contributed by atoms with Crippen LogP contribution in [0.3, 0.4) is 0 Å². The van der Waals surface area contributed by atoms with E-state index in [9.17, 15) is 9.59 Å². The van der Waals surface area contributed by atoms with E-state index in [1.165, 1.54) is 89.9 Å². The lowest BCUT2D eigenvalue weighted by molar-refractivity contribution is -0.144. The molecule has 0 spiro atoms. The third-order valence-corrected chi connectivity index (χ3v) is 8.75. The van der Waals surface area contributed by atoms with E-state index in [0.29, 0.717) is 11.5 Å². The Morgan fingerprint density at radius 1 is 0.784 bits per heavy atom. The first-order valence-corrected chi connectivity index (χ1v) is 15.1. The fourth-order valence-electron chi connectivity index (χ4n) is 6.22. The number of rotatable bonds is 17. The monoisotopic (exact) mass is 518 g/mol. The number of aliphatic hydroxyl groups is 1. The number of carbonyl (C=O) groups excluding carboxylic acids is 2. The summed E-state index contributed by atoms with van der Waals surface area (Å²) >= 11 is 0. The normalized spacial score (nSPS) is 24.7. The largest absolute Gasteiger partial charge is 0.462 e. The van der Waals surface area contributed by atoms with Crippen molar-refractivity contribution in [1.29, 1.82) is 0 Å². The zero-order valence-corrected chi connectivity index (χ0v) is 23.8. The van der Waals surface area contributed by atoms with Gasteiger partial charge in [-0.2, -0.15) is 0 Å². The van der Waals surface area contributed by atoms with Gasteiger partial charge in [-0.25, -0.2) is 9.59 Å². The molecule has 5 nitrogen and oxygen atoms in total. The quantitative estimate of drug-likeness (QED) is 0.122. The second-order valence-electron chi connectivity index (χ2n) is 12.0. The Labute approximate surface area is 226 Å². The number of hydrogen-bond donors (Lipinski definition) is 1. The molecule has 0 amide bonds. The van der Waals surface area contributed by atoms with Crippen LogP contribution in [0.2, 0.25) is 0 Å². The van der Waals surface area contributed by atoms with E-state index >= 15 is 0 Å². The van der Waals surface area contributed by atoms with Gasteiger partial charge in [-0.15, -0.1) is 0 Å². The van der Waals surface area contributed by atoms with E-state index in [4.69, 9.17) is 14.6 Å². The summed E-state index contributed by atoms with van der Waals surface area (Å²) in [5, 5.41) is 9.02. The van der Waals surface area contributed by atoms with Crippen LogP contribution in [0.15, 0.2) is 24.3 Å². The molecular weight excluding hydrogens is 464 g/mol. The Balaban J connectivity index is 1.71. The van der Waals surface area contributed by atoms with Crippen molar-refractivity contribution in [3.63, 3.8) is 0 Å². The van der Waals surface area contributed by atoms with Crippen molar-refractivity contribution in [3.05, 3.63) is 24.3 Å². The third-order valence-electron chi connectivity index (χ3n) is 8.75. The number of ether oxygens (including phenoxy) is 2. The van der Waals surface area contributed by atoms with Gasteiger partial charge >= 0.3 is 11.9 Å². The van der Waals surface area contributed by atoms with Crippen LogP contribution in [0.5, 0.6) is 0 Å². The lowest BCUT2D eigenvalue weighted by Gasteiger charge is -2.33. The number of aliphatic hydroxyl groups excluding tert-OH is 1. The Morgan fingerprint density at radius 2 is 1.27 bits per heavy atom. The molecule has 0 aromatic carbocycles. The Morgan fingerprint density at radius 3 is 1.76 bits per heavy atom. The van der Waals surface area contributed by atoms with Crippen LogP contribution in [0.25, 0.3) is 0 Å². The molecule has 1 N–H and O–H groups in total. The van der Waals surface area contributed by atoms with Crippen LogP contribution in [0.1, 0.15) is 117 Å². The fraction of sp³-hybridized carbons (Fsp3) is 0.812. The highest BCUT2D eigenvalue weighted by Gasteiger charge is 2.27. The molecule has 1 unspecified atom stereocenters. The zero-order chi connectivity index (χ0) is 27.0. The third kappa shape index (κ3) is 12.7. The molecule has 2 fully saturated rings. The summed E-state index contributed by atoms with van der Waals surface area (Å²) in [5.74, 6) is 2.43. The summed E-state index contributed by atoms with van der Waals surface area (Å²) in [6.07, 6.45) is 20.2. The summed E-state index contributed by atoms with van der Waals surface area (Å²) in [4.78, 5) is 24.1. The van der Waals surface area contributed by atoms with Crippen LogP contribution in [-0.2, 0) is 19.1 Å². The van der Waals surface area contributed by atoms with Gasteiger partial charge in [0.05, 0.1) is 13.2 Å². The first-order valence-electron chi connectivity index (χ1n) is 15.1. The van der Waals surface area contributed by atoms with Crippen LogP contribution >= 0.6 is 0 Å². The van der Waals surface area contributed by atoms with E-state index in [1.807, 2.05) is 0 Å². The van der Waals surface area contributed by atoms with Crippen LogP contribution in [0, 0.1) is 29.6 Å². The second kappa shape index (κ2) is 17.8. The van der Waals surface area contributed by atoms with Crippen molar-refractivity contribution in [3.8, 4) is 0 Å². The van der Waals surface area contributed by atoms with Crippen molar-refractivity contribution in [1.82, 2.24) is 0 Å². The van der Waals surface area contributed by atoms with Crippen molar-refractivity contribution >= 4 is 11.9 Å². The van der Waals surface area contributed by atoms with Crippen molar-refractivity contribution in [2.75, 3.05) is 19.8 Å². The van der Waals surface area contributed by atoms with Gasteiger partial charge in [0, 0.05) is 30.1 Å². The topological polar surface area (TPSA) is 72.8 Å². The lowest BCUT2D eigenvalue weighted by atomic mass is 9.73. The smallest absolute Gasteiger partial charge is 0.333 e. The number of unbranched alkanes of at least 4 members (excludes halogenated alkanes) is 2. The summed E-state index contributed by atoms with van der Waals surface area (Å²) in [7, 11) is 0. The Bertz CT molecular complexity index is 698. The summed E-state index contributed by atoms with van der Waals surface area (Å²) in [5.41, 5.74) is 0.642. The van der Waals surface area contributed by atoms with Gasteiger partial charge in [0.1, 0.15) is 0 Å². The predicted octanol–water partition coefficient (Wildman–Crippen LogP) is 7.57. The van der Waals surface area contributed by atoms with Crippen molar-refractivity contribution < 1.29 is 24.2 Å². The number of esters is 2. The molecule has 1 atom stereocenters. The molecule has 0 saturated heterocycles. The molecule has 2 rings (SSSR count). The maximum absolute atomic E-state index is 12.1. The molecule has 0 aromatic rings. The van der Waals surface area contributed by atoms with Crippen LogP contribution in [-0.4, -0.2) is 36.9 Å². The van der Waals surface area contributed by atoms with Gasteiger partial charge in [-0.05, 0) is 37.0 Å². The minimum atomic E-state index is -0.482. The molecule has 212 valence electrons. The maximum Gasteiger partial charge on any atom is 0.333 e. The Kier molecular flexibility index (Phi) is 15.2. The highest BCUT2D eigenvalue weighted by atomic mass is 16.5. The minimum Gasteiger partial charge on any atom is -0.462 e. The van der Waals surface area contributed by atoms with Gasteiger partial charge in [0.15, 0.2) is 0 Å². The van der Waals surface area contributed by atoms with Crippen LogP contribution < -0.4 is 0 Å². The highest BCUT2D eigenvalue weighted by Crippen LogP contribution is 2.39. The minimum absolute atomic E-state index is 0.0387. The van der Waals surface area contributed by atoms with Gasteiger partial charge in [0.2, 0.25) is 0 Å². The predicted molar refractivity (Wildman–Crippen MR) is 150 cm³/mol. The molecular formula is C32H54O5. The molecule has 37 heavy (non-hydrogen) atoms. The summed E-state index contributed by atoms with van der Waals surface area (Å²) in [6, 6.07) is 0. The average molecular weight is 519 g/mol. The first kappa shape index (κ1) is 31.6. The molecule has 2 aliphatic carbocycles. The zero-order valence-electron chi connectivity index (χ0n) is 23.8. The molecule has 5 heteroatoms. The number of carbonyl (C=O) groups is 2. The molecule has 0 bridgehead atoms. The lowest BCUT2D eigenvalue weighted by Crippen LogP contribution is -2.26. The van der Waals surface area contributed by atoms with Gasteiger partial charge in [-0.1, -0.05) is 110 Å². The second-order valence-corrected chi connectivity index (χ2v) is 12.0. The van der Waals surface area contributed by atoms with Gasteiger partial charge in [-0.3, -0.25) is 0 Å². The van der Waals surface area contributed by atoms with E-state index in [2.05, 4.69) is 20.1 Å². The van der Waals surface area contributed by atoms with Crippen molar-refractivity contribution in [2.24, 2.45) is 29.6 Å². The van der Waals surface area contributed by atoms with Gasteiger partial charge < -0.3 is 14.6 Å². The molecule has 0 aliphatic heterocycles. The van der Waals surface area contributed by atoms with E-state index in [0.717, 1.165) is 24.2 Å². The average Bonchev–Trinajstić information content (AvgIpc) is 2.90. The van der Waals surface area contributed by atoms with Crippen LogP contribution in [0.4, 0.5) is 0 Å². The summed E-state index contributed by atoms with van der Waals surface area (Å²) < 4.78 is 10.9. The van der Waals surface area contributed by atoms with Crippen molar-refractivity contribution in [2.45, 2.75) is 117 Å². The highest BCUT2D eigenvalue weighted by molar-refractivity contribution is 5.87. The van der Waals surface area contributed by atoms with E-state index in [1.54, 1.807) is 6.92 Å². The standard InChI is InChI=1S/C32H54O5/c1-5-6-7-8-26-9-11-27(12-10-26)13-14-28-15-17-29(18-16-28)21-30(22-36-31(34)24(2)3)23-37-32(35)25(4)19-20-33/h26-30,33H,2,4-23H2,1,3H3. The molecule has 0 radical (unpaired) electrons. The molecule has 2 saturated carbocycles. The van der Waals surface area contributed by atoms with E-state index < -0.39 is 11.9 Å². The fourth-order valence-corrected chi connectivity index (χ4v) is 6.22. The van der Waals surface area contributed by atoms with Gasteiger partial charge in [0.25, 0.3) is 0 Å². The summed E-state index contributed by atoms with van der Waals surface area (Å²) in [6.45, 7) is 11.6. The maximum atomic E-state index is 12.1. The molecule has 0 heterocycles. The SMILES string of the molecule is C=C(C)C(=O)OCC(COC(=O)C(=C)CCO)CC1CCC(CCC2CCC(CCCCC)CC2)CC1.